The molecule has 0 aliphatic carbocycles. The lowest BCUT2D eigenvalue weighted by Gasteiger charge is -2.19. The Morgan fingerprint density at radius 2 is 1.14 bits per heavy atom. The Kier molecular flexibility index (Phi) is 3.69. The summed E-state index contributed by atoms with van der Waals surface area (Å²) in [7, 11) is -1.20. The molecule has 0 radical (unpaired) electrons. The quantitative estimate of drug-likeness (QED) is 0.530. The van der Waals surface area contributed by atoms with Gasteiger partial charge in [-0.2, -0.15) is 0 Å². The Morgan fingerprint density at radius 3 is 1.52 bits per heavy atom. The first-order chi connectivity index (χ1) is 10.1. The lowest BCUT2D eigenvalue weighted by molar-refractivity contribution is 1.32. The molecule has 1 aliphatic rings. The van der Waals surface area contributed by atoms with Crippen LogP contribution in [0.2, 0.25) is 0 Å². The molecule has 2 aromatic carbocycles. The van der Waals surface area contributed by atoms with Crippen molar-refractivity contribution >= 4 is 15.0 Å². The molecule has 0 aromatic heterocycles. The maximum absolute atomic E-state index is 2.40. The van der Waals surface area contributed by atoms with Gasteiger partial charge in [0.25, 0.3) is 0 Å². The van der Waals surface area contributed by atoms with E-state index in [4.69, 9.17) is 0 Å². The van der Waals surface area contributed by atoms with Crippen LogP contribution >= 0.6 is 0 Å². The molecule has 0 bridgehead atoms. The molecule has 0 fully saturated rings. The van der Waals surface area contributed by atoms with Crippen LogP contribution in [0.1, 0.15) is 18.1 Å². The number of hydrogen-bond donors (Lipinski definition) is 0. The minimum atomic E-state index is -1.20. The van der Waals surface area contributed by atoms with Gasteiger partial charge in [0.05, 0.1) is 10.8 Å². The van der Waals surface area contributed by atoms with Crippen LogP contribution < -0.4 is 0 Å². The maximum Gasteiger partial charge on any atom is 0.128 e. The fourth-order valence-electron chi connectivity index (χ4n) is 2.51. The number of aryl methyl sites for hydroxylation is 2. The zero-order valence-corrected chi connectivity index (χ0v) is 13.7. The number of allylic oxidation sites excluding steroid dienone is 3. The summed E-state index contributed by atoms with van der Waals surface area (Å²) in [6.07, 6.45) is 4.52. The largest absolute Gasteiger partial charge is 0.128 e. The van der Waals surface area contributed by atoms with Crippen molar-refractivity contribution in [3.05, 3.63) is 82.8 Å². The zero-order valence-electron chi connectivity index (χ0n) is 12.8. The van der Waals surface area contributed by atoms with Crippen LogP contribution in [0.3, 0.4) is 0 Å². The van der Waals surface area contributed by atoms with Crippen molar-refractivity contribution in [3.63, 3.8) is 0 Å². The van der Waals surface area contributed by atoms with Gasteiger partial charge in [-0.25, -0.2) is 0 Å². The third-order valence-electron chi connectivity index (χ3n) is 3.91. The number of hydrogen-bond acceptors (Lipinski definition) is 0. The molecule has 1 heteroatoms. The van der Waals surface area contributed by atoms with E-state index in [2.05, 4.69) is 92.2 Å². The van der Waals surface area contributed by atoms with Crippen LogP contribution in [0.25, 0.3) is 0 Å². The lowest BCUT2D eigenvalue weighted by atomic mass is 10.2. The van der Waals surface area contributed by atoms with Crippen molar-refractivity contribution in [1.82, 2.24) is 0 Å². The van der Waals surface area contributed by atoms with E-state index in [9.17, 15) is 0 Å². The minimum Gasteiger partial charge on any atom is -0.0545 e. The molecule has 0 saturated carbocycles. The summed E-state index contributed by atoms with van der Waals surface area (Å²) in [6.45, 7) is 6.44. The van der Waals surface area contributed by atoms with E-state index in [0.717, 1.165) is 0 Å². The van der Waals surface area contributed by atoms with E-state index in [1.165, 1.54) is 26.5 Å². The summed E-state index contributed by atoms with van der Waals surface area (Å²) in [4.78, 5) is 2.80. The van der Waals surface area contributed by atoms with E-state index in [1.54, 1.807) is 0 Å². The molecule has 0 atom stereocenters. The molecule has 1 aliphatic heterocycles. The predicted molar refractivity (Wildman–Crippen MR) is 95.2 cm³/mol. The molecule has 0 nitrogen and oxygen atoms in total. The van der Waals surface area contributed by atoms with Gasteiger partial charge in [0.1, 0.15) is 9.79 Å². The Morgan fingerprint density at radius 1 is 0.667 bits per heavy atom. The fraction of sp³-hybridized carbons (Fsp3) is 0.150. The van der Waals surface area contributed by atoms with E-state index in [-0.39, 0.29) is 0 Å². The highest BCUT2D eigenvalue weighted by molar-refractivity contribution is 8.15. The summed E-state index contributed by atoms with van der Waals surface area (Å²) < 4.78 is 0. The number of rotatable bonds is 2. The second-order valence-electron chi connectivity index (χ2n) is 5.69. The number of benzene rings is 2. The highest BCUT2D eigenvalue weighted by Crippen LogP contribution is 2.33. The third kappa shape index (κ3) is 2.66. The first-order valence-corrected chi connectivity index (χ1v) is 9.03. The molecule has 3 rings (SSSR count). The first kappa shape index (κ1) is 14.1. The first-order valence-electron chi connectivity index (χ1n) is 7.27. The van der Waals surface area contributed by atoms with Gasteiger partial charge in [-0.05, 0) is 72.4 Å². The predicted octanol–water partition coefficient (Wildman–Crippen LogP) is 5.15. The molecule has 0 N–H and O–H groups in total. The monoisotopic (exact) mass is 293 g/mol. The van der Waals surface area contributed by atoms with Gasteiger partial charge < -0.3 is 0 Å². The van der Waals surface area contributed by atoms with Gasteiger partial charge in [-0.3, -0.25) is 0 Å². The molecule has 0 unspecified atom stereocenters. The second-order valence-corrected chi connectivity index (χ2v) is 8.59. The maximum atomic E-state index is 2.40. The van der Waals surface area contributed by atoms with Crippen molar-refractivity contribution < 1.29 is 0 Å². The fourth-order valence-corrected chi connectivity index (χ4v) is 5.53. The smallest absolute Gasteiger partial charge is 0.0545 e. The van der Waals surface area contributed by atoms with E-state index < -0.39 is 9.62 Å². The Bertz CT molecular complexity index is 707. The molecule has 2 aromatic rings. The van der Waals surface area contributed by atoms with Crippen LogP contribution in [-0.2, 0) is 9.62 Å². The second kappa shape index (κ2) is 5.50. The van der Waals surface area contributed by atoms with E-state index in [0.29, 0.717) is 0 Å². The van der Waals surface area contributed by atoms with Crippen LogP contribution in [0.4, 0.5) is 0 Å². The molecule has 106 valence electrons. The topological polar surface area (TPSA) is 0 Å². The van der Waals surface area contributed by atoms with Crippen LogP contribution in [0.15, 0.2) is 81.5 Å². The average Bonchev–Trinajstić information content (AvgIpc) is 2.50. The standard InChI is InChI=1S/C20H21S/c1-16-4-8-19(9-5-16)21(14-12-18(3)13-15-21)20-10-6-17(2)7-11-20/h4-15H,1-3H3/q+1. The van der Waals surface area contributed by atoms with Crippen molar-refractivity contribution in [2.75, 3.05) is 0 Å². The molecule has 1 heterocycles. The molecular formula is C20H21S+. The van der Waals surface area contributed by atoms with Crippen LogP contribution in [0.5, 0.6) is 0 Å². The SMILES string of the molecule is CC1=CC=[S+](c2ccc(C)cc2)(c2ccc(C)cc2)C=C1. The van der Waals surface area contributed by atoms with Gasteiger partial charge in [0, 0.05) is 0 Å². The van der Waals surface area contributed by atoms with Gasteiger partial charge in [0.2, 0.25) is 0 Å². The van der Waals surface area contributed by atoms with Gasteiger partial charge in [0.15, 0.2) is 0 Å². The highest BCUT2D eigenvalue weighted by atomic mass is 32.2. The normalized spacial score (nSPS) is 16.2. The lowest BCUT2D eigenvalue weighted by Crippen LogP contribution is -2.14. The minimum absolute atomic E-state index is 1.20. The van der Waals surface area contributed by atoms with Gasteiger partial charge >= 0.3 is 0 Å². The van der Waals surface area contributed by atoms with Crippen molar-refractivity contribution in [2.24, 2.45) is 0 Å². The third-order valence-corrected chi connectivity index (χ3v) is 7.15. The van der Waals surface area contributed by atoms with Crippen molar-refractivity contribution in [2.45, 2.75) is 30.6 Å². The Hall–Kier alpha value is -1.86. The summed E-state index contributed by atoms with van der Waals surface area (Å²) in [5.41, 5.74) is 3.93. The van der Waals surface area contributed by atoms with Gasteiger partial charge in [-0.15, -0.1) is 0 Å². The average molecular weight is 293 g/mol. The van der Waals surface area contributed by atoms with E-state index in [1.807, 2.05) is 0 Å². The zero-order chi connectivity index (χ0) is 14.9. The van der Waals surface area contributed by atoms with Crippen molar-refractivity contribution in [1.29, 1.82) is 0 Å². The summed E-state index contributed by atoms with van der Waals surface area (Å²) in [6, 6.07) is 18.0. The Labute approximate surface area is 128 Å². The van der Waals surface area contributed by atoms with Crippen LogP contribution in [-0.4, -0.2) is 5.37 Å². The van der Waals surface area contributed by atoms with Crippen LogP contribution in [0, 0.1) is 13.8 Å². The van der Waals surface area contributed by atoms with E-state index >= 15 is 0 Å². The molecule has 0 saturated heterocycles. The summed E-state index contributed by atoms with van der Waals surface area (Å²) >= 11 is 0. The van der Waals surface area contributed by atoms with Gasteiger partial charge in [-0.1, -0.05) is 35.4 Å². The molecule has 0 spiro atoms. The molecule has 21 heavy (non-hydrogen) atoms. The highest BCUT2D eigenvalue weighted by Gasteiger charge is 2.27. The summed E-state index contributed by atoms with van der Waals surface area (Å²) in [5.74, 6) is 0. The molecule has 0 amide bonds. The summed E-state index contributed by atoms with van der Waals surface area (Å²) in [5, 5.41) is 4.80. The van der Waals surface area contributed by atoms with Crippen molar-refractivity contribution in [3.8, 4) is 0 Å². The molecular weight excluding hydrogens is 272 g/mol. The Balaban J connectivity index is 2.24.